The van der Waals surface area contributed by atoms with Crippen LogP contribution in [0.25, 0.3) is 0 Å². The SMILES string of the molecule is CCOC(=O)CC1CN(C)CCN1C. The minimum Gasteiger partial charge on any atom is -0.466 e. The number of hydrogen-bond donors (Lipinski definition) is 0. The van der Waals surface area contributed by atoms with Crippen molar-refractivity contribution in [3.05, 3.63) is 0 Å². The third kappa shape index (κ3) is 3.27. The van der Waals surface area contributed by atoms with Gasteiger partial charge in [0.25, 0.3) is 0 Å². The van der Waals surface area contributed by atoms with Crippen LogP contribution in [0.3, 0.4) is 0 Å². The molecule has 0 saturated carbocycles. The monoisotopic (exact) mass is 200 g/mol. The Balaban J connectivity index is 2.37. The minimum atomic E-state index is -0.0837. The summed E-state index contributed by atoms with van der Waals surface area (Å²) in [7, 11) is 4.15. The molecule has 1 rings (SSSR count). The van der Waals surface area contributed by atoms with Gasteiger partial charge in [-0.05, 0) is 21.0 Å². The highest BCUT2D eigenvalue weighted by Gasteiger charge is 2.24. The van der Waals surface area contributed by atoms with E-state index in [1.807, 2.05) is 6.92 Å². The lowest BCUT2D eigenvalue weighted by Gasteiger charge is -2.37. The molecule has 1 heterocycles. The fraction of sp³-hybridized carbons (Fsp3) is 0.900. The highest BCUT2D eigenvalue weighted by molar-refractivity contribution is 5.70. The molecule has 0 aliphatic carbocycles. The molecule has 0 amide bonds. The van der Waals surface area contributed by atoms with Crippen molar-refractivity contribution in [2.45, 2.75) is 19.4 Å². The molecule has 1 saturated heterocycles. The fourth-order valence-corrected chi connectivity index (χ4v) is 1.73. The number of carbonyl (C=O) groups is 1. The summed E-state index contributed by atoms with van der Waals surface area (Å²) in [6.07, 6.45) is 0.509. The molecule has 4 heteroatoms. The zero-order valence-corrected chi connectivity index (χ0v) is 9.32. The highest BCUT2D eigenvalue weighted by Crippen LogP contribution is 2.10. The number of piperazine rings is 1. The number of likely N-dealkylation sites (N-methyl/N-ethyl adjacent to an activating group) is 2. The highest BCUT2D eigenvalue weighted by atomic mass is 16.5. The van der Waals surface area contributed by atoms with Gasteiger partial charge in [0.1, 0.15) is 0 Å². The molecule has 4 nitrogen and oxygen atoms in total. The van der Waals surface area contributed by atoms with E-state index < -0.39 is 0 Å². The topological polar surface area (TPSA) is 32.8 Å². The maximum Gasteiger partial charge on any atom is 0.307 e. The predicted molar refractivity (Wildman–Crippen MR) is 55.2 cm³/mol. The van der Waals surface area contributed by atoms with E-state index in [9.17, 15) is 4.79 Å². The Morgan fingerprint density at radius 3 is 2.79 bits per heavy atom. The molecule has 0 spiro atoms. The summed E-state index contributed by atoms with van der Waals surface area (Å²) in [5, 5.41) is 0. The van der Waals surface area contributed by atoms with Gasteiger partial charge < -0.3 is 14.5 Å². The van der Waals surface area contributed by atoms with Crippen LogP contribution in [-0.2, 0) is 9.53 Å². The summed E-state index contributed by atoms with van der Waals surface area (Å²) in [6.45, 7) is 5.38. The van der Waals surface area contributed by atoms with Crippen molar-refractivity contribution < 1.29 is 9.53 Å². The summed E-state index contributed by atoms with van der Waals surface area (Å²) < 4.78 is 4.94. The van der Waals surface area contributed by atoms with Crippen LogP contribution in [-0.4, -0.2) is 62.1 Å². The first kappa shape index (κ1) is 11.5. The molecule has 1 aliphatic heterocycles. The van der Waals surface area contributed by atoms with Crippen LogP contribution in [0, 0.1) is 0 Å². The Bertz CT molecular complexity index is 197. The first-order valence-electron chi connectivity index (χ1n) is 5.18. The molecule has 0 N–H and O–H groups in total. The van der Waals surface area contributed by atoms with Crippen LogP contribution in [0.15, 0.2) is 0 Å². The standard InChI is InChI=1S/C10H20N2O2/c1-4-14-10(13)7-9-8-11(2)5-6-12(9)3/h9H,4-8H2,1-3H3. The molecule has 1 unspecified atom stereocenters. The molecule has 14 heavy (non-hydrogen) atoms. The predicted octanol–water partition coefficient (Wildman–Crippen LogP) is 0.185. The van der Waals surface area contributed by atoms with E-state index >= 15 is 0 Å². The van der Waals surface area contributed by atoms with Gasteiger partial charge in [-0.25, -0.2) is 0 Å². The lowest BCUT2D eigenvalue weighted by atomic mass is 10.1. The number of ether oxygens (including phenoxy) is 1. The molecule has 0 aromatic rings. The van der Waals surface area contributed by atoms with Crippen molar-refractivity contribution in [1.29, 1.82) is 0 Å². The van der Waals surface area contributed by atoms with Crippen molar-refractivity contribution in [1.82, 2.24) is 9.80 Å². The lowest BCUT2D eigenvalue weighted by Crippen LogP contribution is -2.50. The molecule has 0 aromatic heterocycles. The average molecular weight is 200 g/mol. The second-order valence-corrected chi connectivity index (χ2v) is 3.91. The van der Waals surface area contributed by atoms with E-state index in [1.165, 1.54) is 0 Å². The van der Waals surface area contributed by atoms with Crippen molar-refractivity contribution in [3.63, 3.8) is 0 Å². The van der Waals surface area contributed by atoms with E-state index in [2.05, 4.69) is 23.9 Å². The molecule has 1 fully saturated rings. The van der Waals surface area contributed by atoms with Gasteiger partial charge in [0.05, 0.1) is 13.0 Å². The lowest BCUT2D eigenvalue weighted by molar-refractivity contribution is -0.144. The Morgan fingerprint density at radius 1 is 1.43 bits per heavy atom. The summed E-state index contributed by atoms with van der Waals surface area (Å²) in [5.41, 5.74) is 0. The van der Waals surface area contributed by atoms with Crippen molar-refractivity contribution in [2.24, 2.45) is 0 Å². The molecule has 1 aliphatic rings. The van der Waals surface area contributed by atoms with E-state index in [-0.39, 0.29) is 5.97 Å². The molecule has 82 valence electrons. The zero-order chi connectivity index (χ0) is 10.6. The van der Waals surface area contributed by atoms with Gasteiger partial charge in [-0.15, -0.1) is 0 Å². The third-order valence-electron chi connectivity index (χ3n) is 2.69. The number of nitrogens with zero attached hydrogens (tertiary/aromatic N) is 2. The normalized spacial score (nSPS) is 24.9. The molecular formula is C10H20N2O2. The number of esters is 1. The Kier molecular flexibility index (Phi) is 4.35. The van der Waals surface area contributed by atoms with E-state index in [1.54, 1.807) is 0 Å². The molecule has 1 atom stereocenters. The first-order valence-corrected chi connectivity index (χ1v) is 5.18. The second kappa shape index (κ2) is 5.32. The van der Waals surface area contributed by atoms with Gasteiger partial charge in [-0.1, -0.05) is 0 Å². The van der Waals surface area contributed by atoms with Crippen LogP contribution >= 0.6 is 0 Å². The quantitative estimate of drug-likeness (QED) is 0.609. The maximum absolute atomic E-state index is 11.3. The van der Waals surface area contributed by atoms with Crippen LogP contribution in [0.4, 0.5) is 0 Å². The third-order valence-corrected chi connectivity index (χ3v) is 2.69. The van der Waals surface area contributed by atoms with Crippen LogP contribution < -0.4 is 0 Å². The molecular weight excluding hydrogens is 180 g/mol. The largest absolute Gasteiger partial charge is 0.466 e. The minimum absolute atomic E-state index is 0.0837. The first-order chi connectivity index (χ1) is 6.63. The van der Waals surface area contributed by atoms with Gasteiger partial charge in [0.2, 0.25) is 0 Å². The Labute approximate surface area is 85.8 Å². The number of carbonyl (C=O) groups excluding carboxylic acids is 1. The van der Waals surface area contributed by atoms with E-state index in [4.69, 9.17) is 4.74 Å². The van der Waals surface area contributed by atoms with E-state index in [0.717, 1.165) is 19.6 Å². The van der Waals surface area contributed by atoms with Crippen LogP contribution in [0.5, 0.6) is 0 Å². The molecule has 0 radical (unpaired) electrons. The summed E-state index contributed by atoms with van der Waals surface area (Å²) in [6, 6.07) is 0.313. The summed E-state index contributed by atoms with van der Waals surface area (Å²) in [4.78, 5) is 15.8. The van der Waals surface area contributed by atoms with E-state index in [0.29, 0.717) is 19.1 Å². The fourth-order valence-electron chi connectivity index (χ4n) is 1.73. The van der Waals surface area contributed by atoms with Gasteiger partial charge in [0, 0.05) is 25.7 Å². The van der Waals surface area contributed by atoms with Gasteiger partial charge in [0.15, 0.2) is 0 Å². The zero-order valence-electron chi connectivity index (χ0n) is 9.32. The van der Waals surface area contributed by atoms with Crippen molar-refractivity contribution in [3.8, 4) is 0 Å². The Hall–Kier alpha value is -0.610. The number of rotatable bonds is 3. The van der Waals surface area contributed by atoms with Crippen LogP contribution in [0.1, 0.15) is 13.3 Å². The van der Waals surface area contributed by atoms with Gasteiger partial charge in [-0.3, -0.25) is 4.79 Å². The second-order valence-electron chi connectivity index (χ2n) is 3.91. The summed E-state index contributed by atoms with van der Waals surface area (Å²) in [5.74, 6) is -0.0837. The number of hydrogen-bond acceptors (Lipinski definition) is 4. The molecule has 0 aromatic carbocycles. The van der Waals surface area contributed by atoms with Crippen molar-refractivity contribution >= 4 is 5.97 Å². The molecule has 0 bridgehead atoms. The maximum atomic E-state index is 11.3. The van der Waals surface area contributed by atoms with Gasteiger partial charge >= 0.3 is 5.97 Å². The average Bonchev–Trinajstić information content (AvgIpc) is 2.12. The summed E-state index contributed by atoms with van der Waals surface area (Å²) >= 11 is 0. The Morgan fingerprint density at radius 2 is 2.14 bits per heavy atom. The van der Waals surface area contributed by atoms with Crippen molar-refractivity contribution in [2.75, 3.05) is 40.3 Å². The smallest absolute Gasteiger partial charge is 0.307 e. The van der Waals surface area contributed by atoms with Gasteiger partial charge in [-0.2, -0.15) is 0 Å². The van der Waals surface area contributed by atoms with Crippen LogP contribution in [0.2, 0.25) is 0 Å².